The molecule has 0 saturated heterocycles. The summed E-state index contributed by atoms with van der Waals surface area (Å²) in [6, 6.07) is 1.59. The van der Waals surface area contributed by atoms with Crippen LogP contribution in [0.15, 0.2) is 10.6 Å². The van der Waals surface area contributed by atoms with Gasteiger partial charge in [-0.3, -0.25) is 4.79 Å². The molecule has 1 atom stereocenters. The van der Waals surface area contributed by atoms with Gasteiger partial charge < -0.3 is 9.84 Å². The fourth-order valence-electron chi connectivity index (χ4n) is 0.848. The van der Waals surface area contributed by atoms with Gasteiger partial charge in [0.2, 0.25) is 0 Å². The molecule has 0 radical (unpaired) electrons. The lowest BCUT2D eigenvalue weighted by Gasteiger charge is -2.15. The lowest BCUT2D eigenvalue weighted by molar-refractivity contribution is 0.0934. The van der Waals surface area contributed by atoms with Gasteiger partial charge in [0.15, 0.2) is 5.69 Å². The zero-order valence-corrected chi connectivity index (χ0v) is 9.34. The van der Waals surface area contributed by atoms with Crippen LogP contribution in [-0.2, 0) is 0 Å². The van der Waals surface area contributed by atoms with Crippen LogP contribution >= 0.6 is 12.6 Å². The standard InChI is InChI=1S/C9H14N2O2S/c1-5(2)9(14)10-8(12)7-4-6(3)13-11-7/h4-5,9,14H,1-3H3,(H,10,12)/t9-/m1/s1. The summed E-state index contributed by atoms with van der Waals surface area (Å²) in [6.45, 7) is 5.70. The van der Waals surface area contributed by atoms with Gasteiger partial charge in [0, 0.05) is 6.07 Å². The van der Waals surface area contributed by atoms with Crippen LogP contribution in [-0.4, -0.2) is 16.4 Å². The molecule has 0 aromatic carbocycles. The lowest BCUT2D eigenvalue weighted by Crippen LogP contribution is -2.34. The van der Waals surface area contributed by atoms with Gasteiger partial charge in [-0.2, -0.15) is 12.6 Å². The van der Waals surface area contributed by atoms with E-state index in [1.807, 2.05) is 13.8 Å². The molecule has 4 nitrogen and oxygen atoms in total. The summed E-state index contributed by atoms with van der Waals surface area (Å²) in [5.41, 5.74) is 0.294. The van der Waals surface area contributed by atoms with Crippen LogP contribution in [0.25, 0.3) is 0 Å². The zero-order chi connectivity index (χ0) is 10.7. The maximum Gasteiger partial charge on any atom is 0.274 e. The number of aryl methyl sites for hydroxylation is 1. The van der Waals surface area contributed by atoms with Gasteiger partial charge in [0.1, 0.15) is 5.76 Å². The van der Waals surface area contributed by atoms with Crippen LogP contribution in [0, 0.1) is 12.8 Å². The number of hydrogen-bond acceptors (Lipinski definition) is 4. The van der Waals surface area contributed by atoms with Gasteiger partial charge in [-0.15, -0.1) is 0 Å². The molecule has 0 fully saturated rings. The van der Waals surface area contributed by atoms with Gasteiger partial charge in [-0.05, 0) is 12.8 Å². The number of carbonyl (C=O) groups excluding carboxylic acids is 1. The second-order valence-corrected chi connectivity index (χ2v) is 4.04. The van der Waals surface area contributed by atoms with Crippen molar-refractivity contribution >= 4 is 18.5 Å². The number of thiol groups is 1. The molecule has 0 bridgehead atoms. The van der Waals surface area contributed by atoms with Gasteiger partial charge in [-0.25, -0.2) is 0 Å². The average molecular weight is 214 g/mol. The second-order valence-electron chi connectivity index (χ2n) is 3.49. The minimum absolute atomic E-state index is 0.167. The van der Waals surface area contributed by atoms with E-state index in [2.05, 4.69) is 23.1 Å². The number of hydrogen-bond donors (Lipinski definition) is 2. The SMILES string of the molecule is Cc1cc(C(=O)N[C@H](S)C(C)C)no1. The Labute approximate surface area is 88.5 Å². The highest BCUT2D eigenvalue weighted by molar-refractivity contribution is 7.80. The van der Waals surface area contributed by atoms with Crippen molar-refractivity contribution in [2.24, 2.45) is 5.92 Å². The van der Waals surface area contributed by atoms with Crippen molar-refractivity contribution in [3.8, 4) is 0 Å². The topological polar surface area (TPSA) is 55.1 Å². The van der Waals surface area contributed by atoms with Crippen LogP contribution in [0.5, 0.6) is 0 Å². The third-order valence-corrected chi connectivity index (χ3v) is 2.50. The number of aromatic nitrogens is 1. The second kappa shape index (κ2) is 4.50. The Hall–Kier alpha value is -0.970. The molecule has 1 N–H and O–H groups in total. The molecule has 0 unspecified atom stereocenters. The molecule has 0 aliphatic rings. The largest absolute Gasteiger partial charge is 0.361 e. The van der Waals surface area contributed by atoms with E-state index >= 15 is 0 Å². The summed E-state index contributed by atoms with van der Waals surface area (Å²) in [7, 11) is 0. The summed E-state index contributed by atoms with van der Waals surface area (Å²) >= 11 is 4.23. The van der Waals surface area contributed by atoms with Crippen LogP contribution in [0.2, 0.25) is 0 Å². The Bertz CT molecular complexity index is 322. The van der Waals surface area contributed by atoms with Crippen LogP contribution < -0.4 is 5.32 Å². The summed E-state index contributed by atoms with van der Waals surface area (Å²) in [6.07, 6.45) is 0. The molecule has 5 heteroatoms. The number of carbonyl (C=O) groups is 1. The van der Waals surface area contributed by atoms with E-state index in [-0.39, 0.29) is 17.2 Å². The summed E-state index contributed by atoms with van der Waals surface area (Å²) in [5, 5.41) is 6.15. The molecule has 0 saturated carbocycles. The fourth-order valence-corrected chi connectivity index (χ4v) is 0.966. The normalized spacial score (nSPS) is 12.9. The van der Waals surface area contributed by atoms with Crippen molar-refractivity contribution < 1.29 is 9.32 Å². The third-order valence-electron chi connectivity index (χ3n) is 1.77. The number of amides is 1. The summed E-state index contributed by atoms with van der Waals surface area (Å²) in [4.78, 5) is 11.5. The Morgan fingerprint density at radius 3 is 2.71 bits per heavy atom. The first kappa shape index (κ1) is 11.1. The number of rotatable bonds is 3. The van der Waals surface area contributed by atoms with E-state index in [0.717, 1.165) is 0 Å². The third kappa shape index (κ3) is 2.77. The van der Waals surface area contributed by atoms with Crippen molar-refractivity contribution in [1.82, 2.24) is 10.5 Å². The molecule has 0 spiro atoms. The zero-order valence-electron chi connectivity index (χ0n) is 8.44. The highest BCUT2D eigenvalue weighted by Gasteiger charge is 2.15. The van der Waals surface area contributed by atoms with Crippen LogP contribution in [0.1, 0.15) is 30.1 Å². The Morgan fingerprint density at radius 2 is 2.29 bits per heavy atom. The van der Waals surface area contributed by atoms with E-state index < -0.39 is 0 Å². The maximum atomic E-state index is 11.5. The van der Waals surface area contributed by atoms with E-state index in [0.29, 0.717) is 11.5 Å². The van der Waals surface area contributed by atoms with Gasteiger partial charge in [-0.1, -0.05) is 19.0 Å². The van der Waals surface area contributed by atoms with E-state index in [1.165, 1.54) is 0 Å². The molecule has 1 aromatic rings. The highest BCUT2D eigenvalue weighted by atomic mass is 32.1. The monoisotopic (exact) mass is 214 g/mol. The molecule has 1 rings (SSSR count). The lowest BCUT2D eigenvalue weighted by atomic mass is 10.2. The number of nitrogens with zero attached hydrogens (tertiary/aromatic N) is 1. The predicted molar refractivity (Wildman–Crippen MR) is 56.3 cm³/mol. The minimum Gasteiger partial charge on any atom is -0.361 e. The van der Waals surface area contributed by atoms with Crippen molar-refractivity contribution in [1.29, 1.82) is 0 Å². The summed E-state index contributed by atoms with van der Waals surface area (Å²) in [5.74, 6) is 0.640. The van der Waals surface area contributed by atoms with Crippen LogP contribution in [0.4, 0.5) is 0 Å². The van der Waals surface area contributed by atoms with Crippen molar-refractivity contribution in [2.75, 3.05) is 0 Å². The molecular formula is C9H14N2O2S. The average Bonchev–Trinajstić information content (AvgIpc) is 2.51. The molecular weight excluding hydrogens is 200 g/mol. The fraction of sp³-hybridized carbons (Fsp3) is 0.556. The van der Waals surface area contributed by atoms with Gasteiger partial charge >= 0.3 is 0 Å². The predicted octanol–water partition coefficient (Wildman–Crippen LogP) is 1.62. The highest BCUT2D eigenvalue weighted by Crippen LogP contribution is 2.07. The van der Waals surface area contributed by atoms with Crippen molar-refractivity contribution in [2.45, 2.75) is 26.1 Å². The molecule has 78 valence electrons. The Morgan fingerprint density at radius 1 is 1.64 bits per heavy atom. The first-order valence-corrected chi connectivity index (χ1v) is 4.94. The minimum atomic E-state index is -0.254. The van der Waals surface area contributed by atoms with Crippen LogP contribution in [0.3, 0.4) is 0 Å². The smallest absolute Gasteiger partial charge is 0.274 e. The van der Waals surface area contributed by atoms with Crippen molar-refractivity contribution in [3.05, 3.63) is 17.5 Å². The molecule has 1 amide bonds. The Balaban J connectivity index is 2.59. The van der Waals surface area contributed by atoms with E-state index in [9.17, 15) is 4.79 Å². The van der Waals surface area contributed by atoms with Gasteiger partial charge in [0.05, 0.1) is 5.37 Å². The van der Waals surface area contributed by atoms with E-state index in [4.69, 9.17) is 4.52 Å². The molecule has 14 heavy (non-hydrogen) atoms. The first-order chi connectivity index (χ1) is 6.50. The molecule has 1 heterocycles. The molecule has 1 aromatic heterocycles. The molecule has 0 aliphatic carbocycles. The number of nitrogens with one attached hydrogen (secondary N) is 1. The quantitative estimate of drug-likeness (QED) is 0.594. The Kier molecular flexibility index (Phi) is 3.57. The van der Waals surface area contributed by atoms with Gasteiger partial charge in [0.25, 0.3) is 5.91 Å². The molecule has 0 aliphatic heterocycles. The van der Waals surface area contributed by atoms with E-state index in [1.54, 1.807) is 13.0 Å². The summed E-state index contributed by atoms with van der Waals surface area (Å²) < 4.78 is 4.79. The van der Waals surface area contributed by atoms with Crippen molar-refractivity contribution in [3.63, 3.8) is 0 Å². The first-order valence-electron chi connectivity index (χ1n) is 4.43. The maximum absolute atomic E-state index is 11.5.